The van der Waals surface area contributed by atoms with Gasteiger partial charge in [-0.2, -0.15) is 0 Å². The van der Waals surface area contributed by atoms with Crippen molar-refractivity contribution < 1.29 is 5.11 Å². The number of rotatable bonds is 2. The molecule has 0 saturated heterocycles. The van der Waals surface area contributed by atoms with Crippen LogP contribution in [-0.4, -0.2) is 26.5 Å². The Morgan fingerprint density at radius 3 is 2.61 bits per heavy atom. The number of nitrogens with zero attached hydrogens (tertiary/aromatic N) is 1. The van der Waals surface area contributed by atoms with Crippen molar-refractivity contribution in [2.75, 3.05) is 6.61 Å². The molecule has 0 bridgehead atoms. The summed E-state index contributed by atoms with van der Waals surface area (Å²) in [5.74, 6) is 5.61. The largest absolute Gasteiger partial charge is 0.395 e. The normalized spacial score (nSPS) is 9.83. The molecule has 6 nitrogen and oxygen atoms in total. The Morgan fingerprint density at radius 1 is 1.22 bits per heavy atom. The number of aliphatic hydroxyl groups excluding tert-OH is 1. The van der Waals surface area contributed by atoms with E-state index in [0.717, 1.165) is 4.57 Å². The zero-order chi connectivity index (χ0) is 13.0. The van der Waals surface area contributed by atoms with Crippen LogP contribution in [0.3, 0.4) is 0 Å². The average Bonchev–Trinajstić information content (AvgIpc) is 2.70. The van der Waals surface area contributed by atoms with Crippen LogP contribution in [0.1, 0.15) is 12.0 Å². The number of nitrogens with one attached hydrogen (secondary N) is 2. The molecule has 1 heterocycles. The van der Waals surface area contributed by atoms with Crippen LogP contribution in [0.4, 0.5) is 0 Å². The lowest BCUT2D eigenvalue weighted by molar-refractivity contribution is 0.305. The third-order valence-corrected chi connectivity index (χ3v) is 2.26. The molecule has 0 radical (unpaired) electrons. The molecule has 0 amide bonds. The number of H-pyrrole nitrogens is 2. The minimum absolute atomic E-state index is 0.00360. The van der Waals surface area contributed by atoms with Crippen molar-refractivity contribution in [3.63, 3.8) is 0 Å². The van der Waals surface area contributed by atoms with Crippen molar-refractivity contribution in [3.05, 3.63) is 50.8 Å². The minimum atomic E-state index is -0.527. The van der Waals surface area contributed by atoms with Gasteiger partial charge < -0.3 is 5.11 Å². The average molecular weight is 245 g/mol. The second kappa shape index (κ2) is 5.21. The van der Waals surface area contributed by atoms with Crippen LogP contribution in [0.2, 0.25) is 0 Å². The molecule has 3 N–H and O–H groups in total. The Kier molecular flexibility index (Phi) is 3.46. The van der Waals surface area contributed by atoms with E-state index in [4.69, 9.17) is 5.11 Å². The molecule has 1 aromatic heterocycles. The highest BCUT2D eigenvalue weighted by Crippen LogP contribution is 2.05. The first-order chi connectivity index (χ1) is 8.72. The molecule has 0 unspecified atom stereocenters. The SMILES string of the molecule is O=c1[nH][nH]c(=O)n1-c1cccc(C#CCCO)c1. The molecule has 0 saturated carbocycles. The Balaban J connectivity index is 2.43. The van der Waals surface area contributed by atoms with Crippen LogP contribution >= 0.6 is 0 Å². The number of aromatic amines is 2. The van der Waals surface area contributed by atoms with Crippen molar-refractivity contribution in [1.29, 1.82) is 0 Å². The lowest BCUT2D eigenvalue weighted by Crippen LogP contribution is -2.24. The van der Waals surface area contributed by atoms with Crippen LogP contribution in [0.15, 0.2) is 33.9 Å². The zero-order valence-corrected chi connectivity index (χ0v) is 9.43. The standard InChI is InChI=1S/C12H11N3O3/c16-7-2-1-4-9-5-3-6-10(8-9)15-11(17)13-14-12(15)18/h3,5-6,8,16H,2,7H2,(H,13,17)(H,14,18). The van der Waals surface area contributed by atoms with Gasteiger partial charge in [0, 0.05) is 12.0 Å². The molecule has 1 aromatic carbocycles. The van der Waals surface area contributed by atoms with Gasteiger partial charge in [-0.15, -0.1) is 0 Å². The van der Waals surface area contributed by atoms with E-state index in [1.807, 2.05) is 0 Å². The van der Waals surface area contributed by atoms with Gasteiger partial charge in [0.1, 0.15) is 0 Å². The summed E-state index contributed by atoms with van der Waals surface area (Å²) in [6.45, 7) is 0.00360. The summed E-state index contributed by atoms with van der Waals surface area (Å²) >= 11 is 0. The summed E-state index contributed by atoms with van der Waals surface area (Å²) in [6.07, 6.45) is 0.384. The van der Waals surface area contributed by atoms with E-state index in [-0.39, 0.29) is 6.61 Å². The summed E-state index contributed by atoms with van der Waals surface area (Å²) in [6, 6.07) is 6.74. The number of benzene rings is 1. The van der Waals surface area contributed by atoms with Gasteiger partial charge in [-0.3, -0.25) is 0 Å². The predicted octanol–water partition coefficient (Wildman–Crippen LogP) is -0.412. The highest BCUT2D eigenvalue weighted by molar-refractivity contribution is 5.43. The molecular formula is C12H11N3O3. The fraction of sp³-hybridized carbons (Fsp3) is 0.167. The van der Waals surface area contributed by atoms with Crippen LogP contribution in [0.5, 0.6) is 0 Å². The van der Waals surface area contributed by atoms with E-state index in [0.29, 0.717) is 17.7 Å². The van der Waals surface area contributed by atoms with Crippen LogP contribution in [-0.2, 0) is 0 Å². The molecule has 18 heavy (non-hydrogen) atoms. The van der Waals surface area contributed by atoms with Crippen LogP contribution in [0, 0.1) is 11.8 Å². The maximum absolute atomic E-state index is 11.4. The van der Waals surface area contributed by atoms with E-state index >= 15 is 0 Å². The number of hydrogen-bond acceptors (Lipinski definition) is 3. The van der Waals surface area contributed by atoms with Crippen molar-refractivity contribution in [2.45, 2.75) is 6.42 Å². The summed E-state index contributed by atoms with van der Waals surface area (Å²) < 4.78 is 0.983. The molecule has 0 atom stereocenters. The lowest BCUT2D eigenvalue weighted by Gasteiger charge is -1.99. The van der Waals surface area contributed by atoms with Gasteiger partial charge in [-0.1, -0.05) is 17.9 Å². The van der Waals surface area contributed by atoms with Crippen LogP contribution in [0.25, 0.3) is 5.69 Å². The van der Waals surface area contributed by atoms with Crippen molar-refractivity contribution in [3.8, 4) is 17.5 Å². The summed E-state index contributed by atoms with van der Waals surface area (Å²) in [7, 11) is 0. The third kappa shape index (κ3) is 2.42. The molecule has 0 fully saturated rings. The molecule has 0 spiro atoms. The second-order valence-corrected chi connectivity index (χ2v) is 3.52. The van der Waals surface area contributed by atoms with Gasteiger partial charge in [-0.05, 0) is 18.2 Å². The maximum atomic E-state index is 11.4. The Hall–Kier alpha value is -2.52. The predicted molar refractivity (Wildman–Crippen MR) is 65.6 cm³/mol. The van der Waals surface area contributed by atoms with E-state index in [1.165, 1.54) is 0 Å². The molecular weight excluding hydrogens is 234 g/mol. The van der Waals surface area contributed by atoms with Gasteiger partial charge in [0.25, 0.3) is 0 Å². The molecule has 92 valence electrons. The number of hydrogen-bond donors (Lipinski definition) is 3. The molecule has 6 heteroatoms. The molecule has 2 rings (SSSR count). The number of aromatic nitrogens is 3. The van der Waals surface area contributed by atoms with E-state index < -0.39 is 11.4 Å². The van der Waals surface area contributed by atoms with Gasteiger partial charge in [-0.25, -0.2) is 24.4 Å². The minimum Gasteiger partial charge on any atom is -0.395 e. The second-order valence-electron chi connectivity index (χ2n) is 3.52. The molecule has 0 aliphatic rings. The fourth-order valence-electron chi connectivity index (χ4n) is 1.49. The molecule has 0 aliphatic carbocycles. The first-order valence-electron chi connectivity index (χ1n) is 5.32. The van der Waals surface area contributed by atoms with E-state index in [9.17, 15) is 9.59 Å². The highest BCUT2D eigenvalue weighted by atomic mass is 16.2. The zero-order valence-electron chi connectivity index (χ0n) is 9.43. The Bertz CT molecular complexity index is 685. The molecule has 2 aromatic rings. The molecule has 0 aliphatic heterocycles. The monoisotopic (exact) mass is 245 g/mol. The quantitative estimate of drug-likeness (QED) is 0.628. The van der Waals surface area contributed by atoms with Crippen molar-refractivity contribution in [2.24, 2.45) is 0 Å². The Morgan fingerprint density at radius 2 is 1.94 bits per heavy atom. The lowest BCUT2D eigenvalue weighted by atomic mass is 10.2. The van der Waals surface area contributed by atoms with Gasteiger partial charge in [0.15, 0.2) is 0 Å². The van der Waals surface area contributed by atoms with Gasteiger partial charge in [0.2, 0.25) is 0 Å². The summed E-state index contributed by atoms with van der Waals surface area (Å²) in [5.41, 5.74) is 0.0627. The van der Waals surface area contributed by atoms with Gasteiger partial charge >= 0.3 is 11.4 Å². The summed E-state index contributed by atoms with van der Waals surface area (Å²) in [5, 5.41) is 13.0. The fourth-order valence-corrected chi connectivity index (χ4v) is 1.49. The van der Waals surface area contributed by atoms with Gasteiger partial charge in [0.05, 0.1) is 12.3 Å². The first kappa shape index (κ1) is 12.0. The van der Waals surface area contributed by atoms with E-state index in [2.05, 4.69) is 22.0 Å². The van der Waals surface area contributed by atoms with E-state index in [1.54, 1.807) is 24.3 Å². The smallest absolute Gasteiger partial charge is 0.348 e. The number of aliphatic hydroxyl groups is 1. The Labute approximate surface area is 102 Å². The first-order valence-corrected chi connectivity index (χ1v) is 5.32. The highest BCUT2D eigenvalue weighted by Gasteiger charge is 2.05. The topological polar surface area (TPSA) is 90.9 Å². The third-order valence-electron chi connectivity index (χ3n) is 2.26. The summed E-state index contributed by atoms with van der Waals surface area (Å²) in [4.78, 5) is 22.8. The van der Waals surface area contributed by atoms with Crippen molar-refractivity contribution >= 4 is 0 Å². The maximum Gasteiger partial charge on any atom is 0.348 e. The van der Waals surface area contributed by atoms with Crippen molar-refractivity contribution in [1.82, 2.24) is 14.8 Å². The van der Waals surface area contributed by atoms with Crippen LogP contribution < -0.4 is 11.4 Å².